The van der Waals surface area contributed by atoms with Crippen molar-refractivity contribution in [3.05, 3.63) is 44.7 Å². The van der Waals surface area contributed by atoms with Crippen LogP contribution >= 0.6 is 11.6 Å². The van der Waals surface area contributed by atoms with Crippen molar-refractivity contribution in [3.8, 4) is 22.9 Å². The van der Waals surface area contributed by atoms with E-state index in [0.717, 1.165) is 22.2 Å². The summed E-state index contributed by atoms with van der Waals surface area (Å²) in [5, 5.41) is 15.0. The minimum Gasteiger partial charge on any atom is -0.458 e. The number of fused-ring (bicyclic) bond motifs is 6. The molecule has 2 N–H and O–H groups in total. The summed E-state index contributed by atoms with van der Waals surface area (Å²) in [5.74, 6) is 0.617. The third-order valence-corrected chi connectivity index (χ3v) is 7.08. The predicted octanol–water partition coefficient (Wildman–Crippen LogP) is 2.59. The Labute approximate surface area is 192 Å². The third-order valence-electron chi connectivity index (χ3n) is 6.81. The molecule has 0 unspecified atom stereocenters. The molecule has 1 aromatic carbocycles. The van der Waals surface area contributed by atoms with Crippen LogP contribution in [0, 0.1) is 0 Å². The molecular weight excluding hydrogens is 450 g/mol. The maximum Gasteiger partial charge on any atom is 0.343 e. The van der Waals surface area contributed by atoms with E-state index in [1.807, 2.05) is 0 Å². The number of benzene rings is 1. The van der Waals surface area contributed by atoms with Gasteiger partial charge in [-0.3, -0.25) is 4.79 Å². The van der Waals surface area contributed by atoms with Gasteiger partial charge in [0, 0.05) is 35.5 Å². The molecule has 2 aromatic heterocycles. The summed E-state index contributed by atoms with van der Waals surface area (Å²) < 4.78 is 18.0. The highest BCUT2D eigenvalue weighted by atomic mass is 35.5. The molecule has 3 aliphatic rings. The minimum atomic E-state index is -1.87. The Morgan fingerprint density at radius 1 is 1.24 bits per heavy atom. The first-order valence-electron chi connectivity index (χ1n) is 10.6. The Bertz CT molecular complexity index is 1450. The van der Waals surface area contributed by atoms with E-state index in [4.69, 9.17) is 30.8 Å². The summed E-state index contributed by atoms with van der Waals surface area (Å²) in [6, 6.07) is 3.49. The highest BCUT2D eigenvalue weighted by molar-refractivity contribution is 6.19. The first-order chi connectivity index (χ1) is 15.9. The molecule has 0 aliphatic carbocycles. The predicted molar refractivity (Wildman–Crippen MR) is 120 cm³/mol. The Hall–Kier alpha value is -3.30. The maximum atomic E-state index is 13.4. The van der Waals surface area contributed by atoms with Crippen LogP contribution in [0.5, 0.6) is 11.5 Å². The highest BCUT2D eigenvalue weighted by Gasteiger charge is 2.45. The van der Waals surface area contributed by atoms with Crippen LogP contribution < -0.4 is 20.3 Å². The lowest BCUT2D eigenvalue weighted by Gasteiger charge is -2.31. The average molecular weight is 470 g/mol. The maximum absolute atomic E-state index is 13.4. The smallest absolute Gasteiger partial charge is 0.343 e. The van der Waals surface area contributed by atoms with Crippen LogP contribution in [0.4, 0.5) is 5.69 Å². The zero-order valence-electron chi connectivity index (χ0n) is 18.0. The van der Waals surface area contributed by atoms with Gasteiger partial charge in [-0.1, -0.05) is 6.92 Å². The second kappa shape index (κ2) is 6.85. The molecule has 1 atom stereocenters. The van der Waals surface area contributed by atoms with Gasteiger partial charge in [-0.25, -0.2) is 9.78 Å². The number of alkyl halides is 1. The van der Waals surface area contributed by atoms with E-state index in [2.05, 4.69) is 5.32 Å². The van der Waals surface area contributed by atoms with Gasteiger partial charge in [0.1, 0.15) is 6.61 Å². The fraction of sp³-hybridized carbons (Fsp3) is 0.348. The number of nitrogens with one attached hydrogen (secondary N) is 1. The van der Waals surface area contributed by atoms with E-state index in [-0.39, 0.29) is 48.9 Å². The van der Waals surface area contributed by atoms with Gasteiger partial charge in [0.15, 0.2) is 17.1 Å². The van der Waals surface area contributed by atoms with E-state index in [9.17, 15) is 14.7 Å². The number of anilines is 1. The van der Waals surface area contributed by atoms with Crippen molar-refractivity contribution in [1.82, 2.24) is 9.55 Å². The summed E-state index contributed by atoms with van der Waals surface area (Å²) >= 11 is 6.45. The van der Waals surface area contributed by atoms with Crippen LogP contribution in [0.25, 0.3) is 22.3 Å². The number of pyridine rings is 2. The van der Waals surface area contributed by atoms with Crippen molar-refractivity contribution in [2.24, 2.45) is 0 Å². The fourth-order valence-electron chi connectivity index (χ4n) is 5.08. The number of carbonyl (C=O) groups is 1. The molecule has 9 nitrogen and oxygen atoms in total. The molecule has 0 saturated heterocycles. The molecule has 33 heavy (non-hydrogen) atoms. The lowest BCUT2D eigenvalue weighted by molar-refractivity contribution is -0.172. The molecule has 0 amide bonds. The number of halogens is 1. The van der Waals surface area contributed by atoms with E-state index in [1.54, 1.807) is 30.7 Å². The van der Waals surface area contributed by atoms with Crippen LogP contribution in [0.1, 0.15) is 35.6 Å². The molecule has 170 valence electrons. The molecule has 3 aliphatic heterocycles. The van der Waals surface area contributed by atoms with Gasteiger partial charge in [0.05, 0.1) is 34.7 Å². The Morgan fingerprint density at radius 2 is 2.06 bits per heavy atom. The zero-order valence-corrected chi connectivity index (χ0v) is 18.7. The largest absolute Gasteiger partial charge is 0.458 e. The molecule has 0 spiro atoms. The summed E-state index contributed by atoms with van der Waals surface area (Å²) in [4.78, 5) is 30.7. The van der Waals surface area contributed by atoms with Crippen molar-refractivity contribution in [3.63, 3.8) is 0 Å². The number of aliphatic hydroxyl groups is 1. The van der Waals surface area contributed by atoms with Crippen molar-refractivity contribution in [1.29, 1.82) is 0 Å². The van der Waals surface area contributed by atoms with Crippen molar-refractivity contribution >= 4 is 34.2 Å². The number of hydrogen-bond acceptors (Lipinski definition) is 8. The molecule has 3 aromatic rings. The zero-order chi connectivity index (χ0) is 23.1. The SMILES string of the molecule is CC[C@@]1(O)C(=O)OCc2c1cc1n(c2=O)Cc2c-1nc1cc3c(c(NC)c1c2CCl)OCO3. The number of rotatable bonds is 3. The molecular formula is C23H20ClN3O6. The number of aromatic nitrogens is 2. The molecule has 0 saturated carbocycles. The van der Waals surface area contributed by atoms with Gasteiger partial charge in [-0.2, -0.15) is 0 Å². The number of carbonyl (C=O) groups excluding carboxylic acids is 1. The first-order valence-corrected chi connectivity index (χ1v) is 11.1. The van der Waals surface area contributed by atoms with Gasteiger partial charge < -0.3 is 29.2 Å². The monoisotopic (exact) mass is 469 g/mol. The molecule has 0 bridgehead atoms. The molecule has 5 heterocycles. The van der Waals surface area contributed by atoms with Crippen LogP contribution in [0.3, 0.4) is 0 Å². The number of nitrogens with zero attached hydrogens (tertiary/aromatic N) is 2. The topological polar surface area (TPSA) is 112 Å². The molecule has 10 heteroatoms. The Balaban J connectivity index is 1.67. The summed E-state index contributed by atoms with van der Waals surface area (Å²) in [6.07, 6.45) is 0.0850. The Morgan fingerprint density at radius 3 is 2.79 bits per heavy atom. The number of hydrogen-bond donors (Lipinski definition) is 2. The van der Waals surface area contributed by atoms with Crippen molar-refractivity contribution in [2.75, 3.05) is 19.2 Å². The normalized spacial score (nSPS) is 19.8. The quantitative estimate of drug-likeness (QED) is 0.348. The van der Waals surface area contributed by atoms with Crippen LogP contribution in [0.15, 0.2) is 16.9 Å². The van der Waals surface area contributed by atoms with Gasteiger partial charge in [-0.15, -0.1) is 11.6 Å². The molecule has 6 rings (SSSR count). The van der Waals surface area contributed by atoms with Gasteiger partial charge in [0.2, 0.25) is 6.79 Å². The average Bonchev–Trinajstić information content (AvgIpc) is 3.43. The van der Waals surface area contributed by atoms with Crippen molar-refractivity contribution < 1.29 is 24.1 Å². The second-order valence-electron chi connectivity index (χ2n) is 8.28. The molecule has 0 fully saturated rings. The summed E-state index contributed by atoms with van der Waals surface area (Å²) in [5.41, 5.74) is 2.53. The number of esters is 1. The number of cyclic esters (lactones) is 1. The summed E-state index contributed by atoms with van der Waals surface area (Å²) in [7, 11) is 1.79. The second-order valence-corrected chi connectivity index (χ2v) is 8.55. The third kappa shape index (κ3) is 2.49. The van der Waals surface area contributed by atoms with E-state index >= 15 is 0 Å². The summed E-state index contributed by atoms with van der Waals surface area (Å²) in [6.45, 7) is 1.90. The molecule has 0 radical (unpaired) electrons. The lowest BCUT2D eigenvalue weighted by Crippen LogP contribution is -2.44. The van der Waals surface area contributed by atoms with E-state index in [0.29, 0.717) is 28.4 Å². The Kier molecular flexibility index (Phi) is 4.22. The number of ether oxygens (including phenoxy) is 3. The van der Waals surface area contributed by atoms with Crippen LogP contribution in [0.2, 0.25) is 0 Å². The van der Waals surface area contributed by atoms with Crippen LogP contribution in [-0.2, 0) is 34.2 Å². The fourth-order valence-corrected chi connectivity index (χ4v) is 5.38. The standard InChI is InChI=1S/C23H20ClN3O6/c1-3-23(30)13-4-15-18-11(7-27(15)21(28)12(13)8-31-22(23)29)10(6-24)17-14(26-18)5-16-20(19(17)25-2)33-9-32-16/h4-5,25,30H,3,6-9H2,1-2H3/t23-/m0/s1. The van der Waals surface area contributed by atoms with Gasteiger partial charge in [-0.05, 0) is 18.1 Å². The lowest BCUT2D eigenvalue weighted by atomic mass is 9.86. The van der Waals surface area contributed by atoms with Gasteiger partial charge in [0.25, 0.3) is 5.56 Å². The van der Waals surface area contributed by atoms with Gasteiger partial charge >= 0.3 is 5.97 Å². The highest BCUT2D eigenvalue weighted by Crippen LogP contribution is 2.48. The van der Waals surface area contributed by atoms with Crippen LogP contribution in [-0.4, -0.2) is 34.5 Å². The minimum absolute atomic E-state index is 0.0850. The van der Waals surface area contributed by atoms with Crippen molar-refractivity contribution in [2.45, 2.75) is 38.0 Å². The van der Waals surface area contributed by atoms with E-state index < -0.39 is 11.6 Å². The first kappa shape index (κ1) is 20.3. The van der Waals surface area contributed by atoms with E-state index in [1.165, 1.54) is 0 Å².